The molecule has 0 heterocycles. The van der Waals surface area contributed by atoms with Crippen LogP contribution in [0.3, 0.4) is 0 Å². The van der Waals surface area contributed by atoms with Crippen LogP contribution < -0.4 is 20.5 Å². The van der Waals surface area contributed by atoms with E-state index in [0.717, 1.165) is 0 Å². The molecule has 7 heteroatoms. The Kier molecular flexibility index (Phi) is 5.88. The minimum Gasteiger partial charge on any atom is -0.493 e. The molecular formula is C18H15ClN2O4. The second-order valence-corrected chi connectivity index (χ2v) is 5.33. The van der Waals surface area contributed by atoms with Gasteiger partial charge in [-0.25, -0.2) is 0 Å². The number of carbonyl (C=O) groups is 2. The number of carbonyl (C=O) groups excluding carboxylic acids is 2. The first kappa shape index (κ1) is 18.2. The zero-order chi connectivity index (χ0) is 18.4. The van der Waals surface area contributed by atoms with Crippen LogP contribution in [0.15, 0.2) is 36.4 Å². The van der Waals surface area contributed by atoms with Gasteiger partial charge in [0, 0.05) is 16.8 Å². The van der Waals surface area contributed by atoms with Crippen molar-refractivity contribution in [1.29, 1.82) is 0 Å². The summed E-state index contributed by atoms with van der Waals surface area (Å²) in [7, 11) is 1.39. The summed E-state index contributed by atoms with van der Waals surface area (Å²) in [6.45, 7) is -0.361. The number of ether oxygens (including phenoxy) is 2. The molecule has 25 heavy (non-hydrogen) atoms. The first-order valence-electron chi connectivity index (χ1n) is 7.11. The van der Waals surface area contributed by atoms with Crippen LogP contribution in [0.1, 0.15) is 15.9 Å². The fourth-order valence-electron chi connectivity index (χ4n) is 2.02. The minimum absolute atomic E-state index is 0.114. The van der Waals surface area contributed by atoms with Gasteiger partial charge in [-0.2, -0.15) is 0 Å². The third-order valence-corrected chi connectivity index (χ3v) is 3.42. The number of hydrogen-bond donors (Lipinski definition) is 2. The topological polar surface area (TPSA) is 90.6 Å². The molecule has 2 rings (SSSR count). The van der Waals surface area contributed by atoms with E-state index in [1.165, 1.54) is 19.2 Å². The molecule has 0 aromatic heterocycles. The number of methoxy groups -OCH3 is 1. The zero-order valence-corrected chi connectivity index (χ0v) is 14.1. The Morgan fingerprint density at radius 1 is 1.32 bits per heavy atom. The van der Waals surface area contributed by atoms with Crippen molar-refractivity contribution in [2.45, 2.75) is 0 Å². The van der Waals surface area contributed by atoms with Crippen LogP contribution in [-0.2, 0) is 4.79 Å². The summed E-state index contributed by atoms with van der Waals surface area (Å²) in [4.78, 5) is 23.3. The normalized spacial score (nSPS) is 9.80. The lowest BCUT2D eigenvalue weighted by atomic mass is 10.1. The predicted molar refractivity (Wildman–Crippen MR) is 95.0 cm³/mol. The molecule has 2 aromatic rings. The van der Waals surface area contributed by atoms with Gasteiger partial charge in [-0.15, -0.1) is 6.42 Å². The zero-order valence-electron chi connectivity index (χ0n) is 13.3. The molecule has 0 aliphatic heterocycles. The SMILES string of the molecule is C#Cc1cccc(NC(=O)c2cc(Cl)c(OCC(N)=O)c(OC)c2)c1. The Morgan fingerprint density at radius 2 is 2.08 bits per heavy atom. The molecular weight excluding hydrogens is 344 g/mol. The summed E-state index contributed by atoms with van der Waals surface area (Å²) in [5, 5.41) is 2.83. The molecule has 0 atom stereocenters. The molecule has 2 aromatic carbocycles. The first-order chi connectivity index (χ1) is 11.9. The molecule has 0 aliphatic rings. The summed E-state index contributed by atoms with van der Waals surface area (Å²) < 4.78 is 10.4. The van der Waals surface area contributed by atoms with Gasteiger partial charge >= 0.3 is 0 Å². The summed E-state index contributed by atoms with van der Waals surface area (Å²) in [5.41, 5.74) is 6.48. The minimum atomic E-state index is -0.659. The van der Waals surface area contributed by atoms with Crippen molar-refractivity contribution in [3.05, 3.63) is 52.5 Å². The fourth-order valence-corrected chi connectivity index (χ4v) is 2.29. The van der Waals surface area contributed by atoms with Crippen molar-refractivity contribution in [2.24, 2.45) is 5.73 Å². The van der Waals surface area contributed by atoms with Crippen LogP contribution in [0.5, 0.6) is 11.5 Å². The largest absolute Gasteiger partial charge is 0.493 e. The van der Waals surface area contributed by atoms with Gasteiger partial charge in [0.1, 0.15) is 0 Å². The molecule has 2 amide bonds. The number of rotatable bonds is 6. The highest BCUT2D eigenvalue weighted by Gasteiger charge is 2.17. The summed E-state index contributed by atoms with van der Waals surface area (Å²) >= 11 is 6.13. The Morgan fingerprint density at radius 3 is 2.72 bits per heavy atom. The quantitative estimate of drug-likeness (QED) is 0.776. The molecule has 0 aliphatic carbocycles. The van der Waals surface area contributed by atoms with E-state index >= 15 is 0 Å². The highest BCUT2D eigenvalue weighted by Crippen LogP contribution is 2.36. The first-order valence-corrected chi connectivity index (χ1v) is 7.49. The van der Waals surface area contributed by atoms with Gasteiger partial charge in [0.25, 0.3) is 11.8 Å². The number of primary amides is 1. The van der Waals surface area contributed by atoms with Gasteiger partial charge in [0.15, 0.2) is 18.1 Å². The number of halogens is 1. The lowest BCUT2D eigenvalue weighted by Crippen LogP contribution is -2.20. The second-order valence-electron chi connectivity index (χ2n) is 4.92. The maximum absolute atomic E-state index is 12.4. The lowest BCUT2D eigenvalue weighted by molar-refractivity contribution is -0.119. The molecule has 0 saturated carbocycles. The van der Waals surface area contributed by atoms with Gasteiger partial charge in [0.2, 0.25) is 0 Å². The molecule has 128 valence electrons. The molecule has 3 N–H and O–H groups in total. The van der Waals surface area contributed by atoms with Gasteiger partial charge in [0.05, 0.1) is 12.1 Å². The Bertz CT molecular complexity index is 859. The Labute approximate surface area is 149 Å². The molecule has 0 spiro atoms. The number of nitrogens with one attached hydrogen (secondary N) is 1. The second kappa shape index (κ2) is 8.08. The number of anilines is 1. The third kappa shape index (κ3) is 4.66. The van der Waals surface area contributed by atoms with Crippen LogP contribution in [0.4, 0.5) is 5.69 Å². The van der Waals surface area contributed by atoms with Gasteiger partial charge in [-0.3, -0.25) is 9.59 Å². The summed E-state index contributed by atoms with van der Waals surface area (Å²) in [6, 6.07) is 9.71. The predicted octanol–water partition coefficient (Wildman–Crippen LogP) is 2.45. The average Bonchev–Trinajstić information content (AvgIpc) is 2.59. The van der Waals surface area contributed by atoms with Crippen molar-refractivity contribution in [3.63, 3.8) is 0 Å². The summed E-state index contributed by atoms with van der Waals surface area (Å²) in [6.07, 6.45) is 5.34. The third-order valence-electron chi connectivity index (χ3n) is 3.14. The number of nitrogens with two attached hydrogens (primary N) is 1. The summed E-state index contributed by atoms with van der Waals surface area (Å²) in [5.74, 6) is 1.76. The van der Waals surface area contributed by atoms with E-state index in [4.69, 9.17) is 33.2 Å². The highest BCUT2D eigenvalue weighted by molar-refractivity contribution is 6.32. The van der Waals surface area contributed by atoms with Gasteiger partial charge in [-0.1, -0.05) is 23.6 Å². The molecule has 6 nitrogen and oxygen atoms in total. The van der Waals surface area contributed by atoms with Crippen molar-refractivity contribution >= 4 is 29.1 Å². The molecule has 0 bridgehead atoms. The molecule has 0 unspecified atom stereocenters. The van der Waals surface area contributed by atoms with E-state index in [0.29, 0.717) is 11.3 Å². The number of benzene rings is 2. The standard InChI is InChI=1S/C18H15ClN2O4/c1-3-11-5-4-6-13(7-11)21-18(23)12-8-14(19)17(15(9-12)24-2)25-10-16(20)22/h1,4-9H,10H2,2H3,(H2,20,22)(H,21,23). The van der Waals surface area contributed by atoms with Crippen molar-refractivity contribution in [3.8, 4) is 23.8 Å². The van der Waals surface area contributed by atoms with Gasteiger partial charge in [-0.05, 0) is 30.3 Å². The van der Waals surface area contributed by atoms with E-state index in [1.54, 1.807) is 24.3 Å². The van der Waals surface area contributed by atoms with Crippen LogP contribution in [-0.4, -0.2) is 25.5 Å². The van der Waals surface area contributed by atoms with Crippen LogP contribution >= 0.6 is 11.6 Å². The van der Waals surface area contributed by atoms with E-state index < -0.39 is 11.8 Å². The van der Waals surface area contributed by atoms with Crippen LogP contribution in [0.2, 0.25) is 5.02 Å². The van der Waals surface area contributed by atoms with Gasteiger partial charge < -0.3 is 20.5 Å². The van der Waals surface area contributed by atoms with E-state index in [2.05, 4.69) is 11.2 Å². The monoisotopic (exact) mass is 358 g/mol. The van der Waals surface area contributed by atoms with E-state index in [-0.39, 0.29) is 28.7 Å². The van der Waals surface area contributed by atoms with Crippen LogP contribution in [0, 0.1) is 12.3 Å². The smallest absolute Gasteiger partial charge is 0.255 e. The number of terminal acetylenes is 1. The number of amides is 2. The maximum Gasteiger partial charge on any atom is 0.255 e. The Balaban J connectivity index is 2.26. The van der Waals surface area contributed by atoms with Crippen molar-refractivity contribution < 1.29 is 19.1 Å². The highest BCUT2D eigenvalue weighted by atomic mass is 35.5. The maximum atomic E-state index is 12.4. The van der Waals surface area contributed by atoms with E-state index in [9.17, 15) is 9.59 Å². The van der Waals surface area contributed by atoms with Crippen molar-refractivity contribution in [2.75, 3.05) is 19.0 Å². The molecule has 0 radical (unpaired) electrons. The number of hydrogen-bond acceptors (Lipinski definition) is 4. The average molecular weight is 359 g/mol. The fraction of sp³-hybridized carbons (Fsp3) is 0.111. The molecule has 0 saturated heterocycles. The molecule has 0 fully saturated rings. The van der Waals surface area contributed by atoms with E-state index in [1.807, 2.05) is 0 Å². The van der Waals surface area contributed by atoms with Crippen molar-refractivity contribution in [1.82, 2.24) is 0 Å². The lowest BCUT2D eigenvalue weighted by Gasteiger charge is -2.13. The Hall–Kier alpha value is -3.17. The van der Waals surface area contributed by atoms with Crippen LogP contribution in [0.25, 0.3) is 0 Å².